The van der Waals surface area contributed by atoms with Crippen molar-refractivity contribution >= 4 is 35.6 Å². The molecule has 0 aromatic heterocycles. The Kier molecular flexibility index (Phi) is 3.12. The maximum Gasteiger partial charge on any atom is 0.260 e. The summed E-state index contributed by atoms with van der Waals surface area (Å²) >= 11 is 5.98. The molecule has 1 aliphatic heterocycles. The van der Waals surface area contributed by atoms with Crippen LogP contribution in [0.2, 0.25) is 5.02 Å². The van der Waals surface area contributed by atoms with Crippen LogP contribution in [0.15, 0.2) is 42.5 Å². The van der Waals surface area contributed by atoms with Crippen molar-refractivity contribution in [2.45, 2.75) is 0 Å². The molecule has 0 atom stereocenters. The summed E-state index contributed by atoms with van der Waals surface area (Å²) in [6.07, 6.45) is 3.70. The average molecular weight is 284 g/mol. The minimum Gasteiger partial charge on any atom is -0.288 e. The van der Waals surface area contributed by atoms with Gasteiger partial charge in [0.05, 0.1) is 16.1 Å². The molecule has 20 heavy (non-hydrogen) atoms. The van der Waals surface area contributed by atoms with Gasteiger partial charge >= 0.3 is 0 Å². The van der Waals surface area contributed by atoms with Crippen molar-refractivity contribution < 1.29 is 9.59 Å². The standard InChI is InChI=1S/C16H10ClNO2/c17-12-9-8-11(7-6-10-4-2-1-3-5-10)13-14(12)16(20)18-15(13)19/h1-9H,(H,18,19,20)/b7-6+. The van der Waals surface area contributed by atoms with E-state index in [2.05, 4.69) is 5.32 Å². The summed E-state index contributed by atoms with van der Waals surface area (Å²) in [5.41, 5.74) is 2.29. The molecule has 1 heterocycles. The molecule has 0 spiro atoms. The Bertz CT molecular complexity index is 736. The number of carbonyl (C=O) groups excluding carboxylic acids is 2. The first-order chi connectivity index (χ1) is 9.66. The second-order valence-corrected chi connectivity index (χ2v) is 4.82. The molecule has 0 saturated heterocycles. The Balaban J connectivity index is 2.06. The first kappa shape index (κ1) is 12.6. The summed E-state index contributed by atoms with van der Waals surface area (Å²) in [6.45, 7) is 0. The van der Waals surface area contributed by atoms with E-state index in [1.54, 1.807) is 12.1 Å². The van der Waals surface area contributed by atoms with Gasteiger partial charge in [0, 0.05) is 0 Å². The van der Waals surface area contributed by atoms with E-state index in [0.717, 1.165) is 5.56 Å². The zero-order valence-electron chi connectivity index (χ0n) is 10.4. The second kappa shape index (κ2) is 4.94. The van der Waals surface area contributed by atoms with Gasteiger partial charge in [-0.15, -0.1) is 0 Å². The van der Waals surface area contributed by atoms with Crippen molar-refractivity contribution in [1.82, 2.24) is 5.32 Å². The van der Waals surface area contributed by atoms with Crippen molar-refractivity contribution in [1.29, 1.82) is 0 Å². The van der Waals surface area contributed by atoms with Gasteiger partial charge in [-0.3, -0.25) is 14.9 Å². The number of rotatable bonds is 2. The molecular formula is C16H10ClNO2. The van der Waals surface area contributed by atoms with Gasteiger partial charge in [-0.05, 0) is 17.2 Å². The van der Waals surface area contributed by atoms with E-state index < -0.39 is 11.8 Å². The van der Waals surface area contributed by atoms with Gasteiger partial charge in [0.25, 0.3) is 11.8 Å². The number of fused-ring (bicyclic) bond motifs is 1. The highest BCUT2D eigenvalue weighted by Crippen LogP contribution is 2.28. The Labute approximate surface area is 120 Å². The summed E-state index contributed by atoms with van der Waals surface area (Å²) in [6, 6.07) is 13.1. The molecule has 4 heteroatoms. The quantitative estimate of drug-likeness (QED) is 0.678. The third kappa shape index (κ3) is 2.12. The fourth-order valence-electron chi connectivity index (χ4n) is 2.18. The maximum atomic E-state index is 11.8. The third-order valence-corrected chi connectivity index (χ3v) is 3.44. The predicted molar refractivity (Wildman–Crippen MR) is 78.6 cm³/mol. The van der Waals surface area contributed by atoms with Crippen LogP contribution < -0.4 is 5.32 Å². The number of hydrogen-bond acceptors (Lipinski definition) is 2. The van der Waals surface area contributed by atoms with Crippen LogP contribution in [0.3, 0.4) is 0 Å². The minimum atomic E-state index is -0.440. The summed E-state index contributed by atoms with van der Waals surface area (Å²) in [4.78, 5) is 23.5. The van der Waals surface area contributed by atoms with Gasteiger partial charge in [0.2, 0.25) is 0 Å². The third-order valence-electron chi connectivity index (χ3n) is 3.12. The van der Waals surface area contributed by atoms with E-state index in [-0.39, 0.29) is 5.56 Å². The number of amides is 2. The lowest BCUT2D eigenvalue weighted by molar-refractivity contribution is 0.0879. The van der Waals surface area contributed by atoms with Crippen LogP contribution >= 0.6 is 11.6 Å². The smallest absolute Gasteiger partial charge is 0.260 e. The first-order valence-electron chi connectivity index (χ1n) is 6.08. The number of imide groups is 1. The predicted octanol–water partition coefficient (Wildman–Crippen LogP) is 3.39. The Morgan fingerprint density at radius 3 is 2.30 bits per heavy atom. The summed E-state index contributed by atoms with van der Waals surface area (Å²) in [7, 11) is 0. The number of carbonyl (C=O) groups is 2. The van der Waals surface area contributed by atoms with Crippen LogP contribution in [0.5, 0.6) is 0 Å². The zero-order valence-corrected chi connectivity index (χ0v) is 11.1. The number of halogens is 1. The molecule has 0 radical (unpaired) electrons. The van der Waals surface area contributed by atoms with Crippen LogP contribution in [-0.4, -0.2) is 11.8 Å². The Morgan fingerprint density at radius 2 is 1.55 bits per heavy atom. The first-order valence-corrected chi connectivity index (χ1v) is 6.46. The molecular weight excluding hydrogens is 274 g/mol. The largest absolute Gasteiger partial charge is 0.288 e. The van der Waals surface area contributed by atoms with Crippen molar-refractivity contribution in [2.75, 3.05) is 0 Å². The van der Waals surface area contributed by atoms with Gasteiger partial charge < -0.3 is 0 Å². The highest BCUT2D eigenvalue weighted by atomic mass is 35.5. The summed E-state index contributed by atoms with van der Waals surface area (Å²) in [5.74, 6) is -0.842. The normalized spacial score (nSPS) is 13.7. The summed E-state index contributed by atoms with van der Waals surface area (Å²) < 4.78 is 0. The van der Waals surface area contributed by atoms with Gasteiger partial charge in [0.1, 0.15) is 0 Å². The van der Waals surface area contributed by atoms with Crippen LogP contribution in [0.25, 0.3) is 12.2 Å². The number of hydrogen-bond donors (Lipinski definition) is 1. The number of benzene rings is 2. The van der Waals surface area contributed by atoms with E-state index in [4.69, 9.17) is 11.6 Å². The topological polar surface area (TPSA) is 46.2 Å². The molecule has 1 N–H and O–H groups in total. The van der Waals surface area contributed by atoms with Crippen LogP contribution in [-0.2, 0) is 0 Å². The summed E-state index contributed by atoms with van der Waals surface area (Å²) in [5, 5.41) is 2.56. The molecule has 3 nitrogen and oxygen atoms in total. The fourth-order valence-corrected chi connectivity index (χ4v) is 2.42. The molecule has 2 amide bonds. The lowest BCUT2D eigenvalue weighted by Crippen LogP contribution is -2.20. The van der Waals surface area contributed by atoms with Gasteiger partial charge in [-0.25, -0.2) is 0 Å². The minimum absolute atomic E-state index is 0.256. The van der Waals surface area contributed by atoms with Crippen LogP contribution in [0.1, 0.15) is 31.8 Å². The zero-order chi connectivity index (χ0) is 14.1. The molecule has 3 rings (SSSR count). The Hall–Kier alpha value is -2.39. The maximum absolute atomic E-state index is 11.8. The molecule has 0 saturated carbocycles. The molecule has 1 aliphatic rings. The van der Waals surface area contributed by atoms with Crippen LogP contribution in [0.4, 0.5) is 0 Å². The van der Waals surface area contributed by atoms with Crippen molar-refractivity contribution in [3.05, 3.63) is 69.7 Å². The van der Waals surface area contributed by atoms with Crippen molar-refractivity contribution in [2.24, 2.45) is 0 Å². The fraction of sp³-hybridized carbons (Fsp3) is 0. The monoisotopic (exact) mass is 283 g/mol. The highest BCUT2D eigenvalue weighted by molar-refractivity contribution is 6.37. The van der Waals surface area contributed by atoms with E-state index in [1.165, 1.54) is 0 Å². The van der Waals surface area contributed by atoms with Gasteiger partial charge in [-0.1, -0.05) is 60.2 Å². The van der Waals surface area contributed by atoms with Crippen LogP contribution in [0, 0.1) is 0 Å². The van der Waals surface area contributed by atoms with Crippen molar-refractivity contribution in [3.63, 3.8) is 0 Å². The molecule has 98 valence electrons. The highest BCUT2D eigenvalue weighted by Gasteiger charge is 2.31. The lowest BCUT2D eigenvalue weighted by Gasteiger charge is -2.02. The van der Waals surface area contributed by atoms with E-state index >= 15 is 0 Å². The lowest BCUT2D eigenvalue weighted by atomic mass is 10.0. The second-order valence-electron chi connectivity index (χ2n) is 4.41. The SMILES string of the molecule is O=C1NC(=O)c2c(/C=C/c3ccccc3)ccc(Cl)c21. The average Bonchev–Trinajstić information content (AvgIpc) is 2.76. The molecule has 0 aliphatic carbocycles. The molecule has 2 aromatic carbocycles. The van der Waals surface area contributed by atoms with Gasteiger partial charge in [0.15, 0.2) is 0 Å². The molecule has 0 unspecified atom stereocenters. The van der Waals surface area contributed by atoms with Crippen molar-refractivity contribution in [3.8, 4) is 0 Å². The van der Waals surface area contributed by atoms with E-state index in [0.29, 0.717) is 16.1 Å². The Morgan fingerprint density at radius 1 is 0.850 bits per heavy atom. The van der Waals surface area contributed by atoms with E-state index in [1.807, 2.05) is 42.5 Å². The molecule has 0 bridgehead atoms. The molecule has 0 fully saturated rings. The van der Waals surface area contributed by atoms with Gasteiger partial charge in [-0.2, -0.15) is 0 Å². The number of nitrogens with one attached hydrogen (secondary N) is 1. The van der Waals surface area contributed by atoms with E-state index in [9.17, 15) is 9.59 Å². The molecule has 2 aromatic rings.